The molecule has 0 spiro atoms. The minimum Gasteiger partial charge on any atom is -0.339 e. The van der Waals surface area contributed by atoms with E-state index in [1.807, 2.05) is 35.2 Å². The van der Waals surface area contributed by atoms with E-state index in [-0.39, 0.29) is 23.6 Å². The van der Waals surface area contributed by atoms with Gasteiger partial charge in [0.05, 0.1) is 5.92 Å². The molecule has 3 amide bonds. The van der Waals surface area contributed by atoms with Crippen molar-refractivity contribution in [2.24, 2.45) is 5.92 Å². The Morgan fingerprint density at radius 1 is 1.00 bits per heavy atom. The van der Waals surface area contributed by atoms with Crippen LogP contribution >= 0.6 is 11.3 Å². The number of aromatic nitrogens is 1. The quantitative estimate of drug-likeness (QED) is 0.788. The van der Waals surface area contributed by atoms with Gasteiger partial charge in [0.25, 0.3) is 5.91 Å². The molecular weight excluding hydrogens is 414 g/mol. The molecule has 1 aromatic carbocycles. The summed E-state index contributed by atoms with van der Waals surface area (Å²) in [5, 5.41) is 5.64. The van der Waals surface area contributed by atoms with Gasteiger partial charge in [-0.2, -0.15) is 0 Å². The van der Waals surface area contributed by atoms with Crippen molar-refractivity contribution in [2.45, 2.75) is 19.8 Å². The fourth-order valence-corrected chi connectivity index (χ4v) is 4.80. The van der Waals surface area contributed by atoms with Gasteiger partial charge in [0.2, 0.25) is 11.8 Å². The van der Waals surface area contributed by atoms with Gasteiger partial charge in [-0.15, -0.1) is 11.3 Å². The first-order chi connectivity index (χ1) is 15.0. The highest BCUT2D eigenvalue weighted by Crippen LogP contribution is 2.24. The Morgan fingerprint density at radius 3 is 2.42 bits per heavy atom. The maximum absolute atomic E-state index is 13.0. The number of anilines is 2. The standard InChI is InChI=1S/C22H27N5O3S/c1-16(28)25-10-12-26(13-11-25)20(29)17-6-5-9-27(14-17)21(30)19-15-31-22(24-19)23-18-7-3-2-4-8-18/h2-4,7-8,15,17H,5-6,9-14H2,1H3,(H,23,24)/t17-/m1/s1. The lowest BCUT2D eigenvalue weighted by molar-refractivity contribution is -0.142. The van der Waals surface area contributed by atoms with Crippen LogP contribution in [0, 0.1) is 5.92 Å². The van der Waals surface area contributed by atoms with E-state index in [9.17, 15) is 14.4 Å². The summed E-state index contributed by atoms with van der Waals surface area (Å²) in [6, 6.07) is 9.71. The molecule has 31 heavy (non-hydrogen) atoms. The number of hydrogen-bond acceptors (Lipinski definition) is 6. The van der Waals surface area contributed by atoms with Crippen LogP contribution in [-0.2, 0) is 9.59 Å². The molecule has 8 nitrogen and oxygen atoms in total. The van der Waals surface area contributed by atoms with Gasteiger partial charge in [-0.3, -0.25) is 14.4 Å². The predicted molar refractivity (Wildman–Crippen MR) is 119 cm³/mol. The summed E-state index contributed by atoms with van der Waals surface area (Å²) >= 11 is 1.39. The van der Waals surface area contributed by atoms with E-state index in [2.05, 4.69) is 10.3 Å². The second-order valence-electron chi connectivity index (χ2n) is 7.95. The molecule has 1 atom stereocenters. The number of likely N-dealkylation sites (tertiary alicyclic amines) is 1. The highest BCUT2D eigenvalue weighted by atomic mass is 32.1. The third-order valence-corrected chi connectivity index (χ3v) is 6.60. The largest absolute Gasteiger partial charge is 0.339 e. The maximum Gasteiger partial charge on any atom is 0.273 e. The first-order valence-corrected chi connectivity index (χ1v) is 11.5. The van der Waals surface area contributed by atoms with E-state index in [1.165, 1.54) is 11.3 Å². The Kier molecular flexibility index (Phi) is 6.50. The van der Waals surface area contributed by atoms with E-state index in [4.69, 9.17) is 0 Å². The van der Waals surface area contributed by atoms with Crippen LogP contribution in [0.1, 0.15) is 30.3 Å². The predicted octanol–water partition coefficient (Wildman–Crippen LogP) is 2.43. The first kappa shape index (κ1) is 21.3. The molecule has 2 aliphatic heterocycles. The number of nitrogens with zero attached hydrogens (tertiary/aromatic N) is 4. The fraction of sp³-hybridized carbons (Fsp3) is 0.455. The Balaban J connectivity index is 1.34. The monoisotopic (exact) mass is 441 g/mol. The summed E-state index contributed by atoms with van der Waals surface area (Å²) in [6.07, 6.45) is 1.59. The van der Waals surface area contributed by atoms with Crippen molar-refractivity contribution in [3.63, 3.8) is 0 Å². The minimum absolute atomic E-state index is 0.0472. The lowest BCUT2D eigenvalue weighted by Gasteiger charge is -2.38. The molecule has 0 aliphatic carbocycles. The van der Waals surface area contributed by atoms with Crippen LogP contribution in [0.4, 0.5) is 10.8 Å². The Hall–Kier alpha value is -2.94. The highest BCUT2D eigenvalue weighted by Gasteiger charge is 2.33. The summed E-state index contributed by atoms with van der Waals surface area (Å²) in [7, 11) is 0. The molecule has 0 saturated carbocycles. The van der Waals surface area contributed by atoms with E-state index in [0.29, 0.717) is 50.1 Å². The molecule has 2 saturated heterocycles. The number of benzene rings is 1. The Morgan fingerprint density at radius 2 is 1.71 bits per heavy atom. The van der Waals surface area contributed by atoms with Gasteiger partial charge >= 0.3 is 0 Å². The highest BCUT2D eigenvalue weighted by molar-refractivity contribution is 7.14. The van der Waals surface area contributed by atoms with Crippen molar-refractivity contribution in [1.82, 2.24) is 19.7 Å². The van der Waals surface area contributed by atoms with Crippen molar-refractivity contribution in [1.29, 1.82) is 0 Å². The molecule has 2 aliphatic rings. The molecule has 2 fully saturated rings. The van der Waals surface area contributed by atoms with E-state index in [1.54, 1.807) is 22.1 Å². The van der Waals surface area contributed by atoms with Crippen LogP contribution in [0.15, 0.2) is 35.7 Å². The Bertz CT molecular complexity index is 940. The third-order valence-electron chi connectivity index (χ3n) is 5.84. The molecule has 2 aromatic rings. The van der Waals surface area contributed by atoms with Gasteiger partial charge in [0.15, 0.2) is 5.13 Å². The number of nitrogens with one attached hydrogen (secondary N) is 1. The lowest BCUT2D eigenvalue weighted by atomic mass is 9.96. The van der Waals surface area contributed by atoms with Crippen LogP contribution < -0.4 is 5.32 Å². The van der Waals surface area contributed by atoms with Crippen molar-refractivity contribution in [3.8, 4) is 0 Å². The topological polar surface area (TPSA) is 85.9 Å². The van der Waals surface area contributed by atoms with Gasteiger partial charge in [-0.1, -0.05) is 18.2 Å². The normalized spacial score (nSPS) is 19.3. The minimum atomic E-state index is -0.192. The number of piperidine rings is 1. The number of thiazole rings is 1. The summed E-state index contributed by atoms with van der Waals surface area (Å²) < 4.78 is 0. The molecule has 0 unspecified atom stereocenters. The number of carbonyl (C=O) groups is 3. The molecule has 1 N–H and O–H groups in total. The summed E-state index contributed by atoms with van der Waals surface area (Å²) in [4.78, 5) is 47.3. The Labute approximate surface area is 185 Å². The zero-order valence-corrected chi connectivity index (χ0v) is 18.4. The van der Waals surface area contributed by atoms with Crippen molar-refractivity contribution >= 4 is 39.9 Å². The smallest absolute Gasteiger partial charge is 0.273 e. The van der Waals surface area contributed by atoms with Crippen molar-refractivity contribution in [2.75, 3.05) is 44.6 Å². The molecule has 4 rings (SSSR count). The maximum atomic E-state index is 13.0. The molecule has 0 radical (unpaired) electrons. The van der Waals surface area contributed by atoms with E-state index in [0.717, 1.165) is 18.5 Å². The van der Waals surface area contributed by atoms with Crippen LogP contribution in [0.5, 0.6) is 0 Å². The van der Waals surface area contributed by atoms with Gasteiger partial charge in [-0.05, 0) is 25.0 Å². The van der Waals surface area contributed by atoms with Gasteiger partial charge in [-0.25, -0.2) is 4.98 Å². The fourth-order valence-electron chi connectivity index (χ4n) is 4.10. The van der Waals surface area contributed by atoms with Crippen LogP contribution in [0.2, 0.25) is 0 Å². The number of para-hydroxylation sites is 1. The average molecular weight is 442 g/mol. The van der Waals surface area contributed by atoms with Gasteiger partial charge < -0.3 is 20.0 Å². The molecule has 9 heteroatoms. The summed E-state index contributed by atoms with van der Waals surface area (Å²) in [5.41, 5.74) is 1.33. The zero-order valence-electron chi connectivity index (χ0n) is 17.6. The second-order valence-corrected chi connectivity index (χ2v) is 8.81. The van der Waals surface area contributed by atoms with Crippen molar-refractivity contribution in [3.05, 3.63) is 41.4 Å². The molecule has 0 bridgehead atoms. The van der Waals surface area contributed by atoms with Crippen LogP contribution in [0.25, 0.3) is 0 Å². The van der Waals surface area contributed by atoms with E-state index >= 15 is 0 Å². The zero-order chi connectivity index (χ0) is 21.8. The number of rotatable bonds is 4. The second kappa shape index (κ2) is 9.47. The SMILES string of the molecule is CC(=O)N1CCN(C(=O)[C@@H]2CCCN(C(=O)c3csc(Nc4ccccc4)n3)C2)CC1. The lowest BCUT2D eigenvalue weighted by Crippen LogP contribution is -2.53. The van der Waals surface area contributed by atoms with Crippen molar-refractivity contribution < 1.29 is 14.4 Å². The number of carbonyl (C=O) groups excluding carboxylic acids is 3. The number of amides is 3. The summed E-state index contributed by atoms with van der Waals surface area (Å²) in [6.45, 7) is 4.89. The first-order valence-electron chi connectivity index (χ1n) is 10.6. The van der Waals surface area contributed by atoms with Crippen LogP contribution in [0.3, 0.4) is 0 Å². The van der Waals surface area contributed by atoms with E-state index < -0.39 is 0 Å². The number of piperazine rings is 1. The third kappa shape index (κ3) is 5.04. The number of hydrogen-bond donors (Lipinski definition) is 1. The van der Waals surface area contributed by atoms with Gasteiger partial charge in [0, 0.05) is 57.3 Å². The average Bonchev–Trinajstić information content (AvgIpc) is 3.27. The molecule has 1 aromatic heterocycles. The molecule has 164 valence electrons. The molecular formula is C22H27N5O3S. The van der Waals surface area contributed by atoms with Gasteiger partial charge in [0.1, 0.15) is 5.69 Å². The summed E-state index contributed by atoms with van der Waals surface area (Å²) in [5.74, 6) is -0.185. The van der Waals surface area contributed by atoms with Crippen LogP contribution in [-0.4, -0.2) is 76.7 Å². The molecule has 3 heterocycles.